The van der Waals surface area contributed by atoms with Crippen molar-refractivity contribution in [2.75, 3.05) is 7.11 Å². The summed E-state index contributed by atoms with van der Waals surface area (Å²) in [5.41, 5.74) is 2.38. The highest BCUT2D eigenvalue weighted by atomic mass is 16.5. The van der Waals surface area contributed by atoms with Gasteiger partial charge in [0.1, 0.15) is 0 Å². The Morgan fingerprint density at radius 2 is 1.93 bits per heavy atom. The fourth-order valence-corrected chi connectivity index (χ4v) is 1.90. The lowest BCUT2D eigenvalue weighted by atomic mass is 10.00. The van der Waals surface area contributed by atoms with E-state index in [0.717, 1.165) is 0 Å². The summed E-state index contributed by atoms with van der Waals surface area (Å²) in [6, 6.07) is 12.5. The van der Waals surface area contributed by atoms with E-state index in [1.54, 1.807) is 7.11 Å². The van der Waals surface area contributed by atoms with Gasteiger partial charge in [-0.1, -0.05) is 49.1 Å². The van der Waals surface area contributed by atoms with E-state index < -0.39 is 0 Å². The molecule has 15 heavy (non-hydrogen) atoms. The van der Waals surface area contributed by atoms with Crippen LogP contribution in [0, 0.1) is 0 Å². The van der Waals surface area contributed by atoms with Crippen LogP contribution in [0.1, 0.15) is 11.1 Å². The largest absolute Gasteiger partial charge is 0.380 e. The van der Waals surface area contributed by atoms with Crippen LogP contribution in [0.2, 0.25) is 0 Å². The maximum Gasteiger partial charge on any atom is 0.0719 e. The molecule has 0 heterocycles. The van der Waals surface area contributed by atoms with E-state index >= 15 is 0 Å². The Morgan fingerprint density at radius 1 is 1.20 bits per heavy atom. The van der Waals surface area contributed by atoms with Gasteiger partial charge in [0.05, 0.1) is 6.61 Å². The molecule has 0 saturated carbocycles. The highest BCUT2D eigenvalue weighted by Gasteiger charge is 2.03. The first-order valence-corrected chi connectivity index (χ1v) is 4.99. The Balaban J connectivity index is 2.74. The summed E-state index contributed by atoms with van der Waals surface area (Å²) in [5, 5.41) is 2.49. The molecule has 0 aromatic heterocycles. The minimum atomic E-state index is 0.641. The smallest absolute Gasteiger partial charge is 0.0719 e. The molecule has 0 unspecified atom stereocenters. The monoisotopic (exact) mass is 198 g/mol. The zero-order valence-electron chi connectivity index (χ0n) is 8.86. The molecule has 0 spiro atoms. The van der Waals surface area contributed by atoms with Crippen molar-refractivity contribution >= 4 is 16.8 Å². The SMILES string of the molecule is C=Cc1cccc2cccc(COC)c12. The van der Waals surface area contributed by atoms with Gasteiger partial charge in [-0.15, -0.1) is 0 Å². The summed E-state index contributed by atoms with van der Waals surface area (Å²) in [5.74, 6) is 0. The molecule has 0 bridgehead atoms. The van der Waals surface area contributed by atoms with Crippen molar-refractivity contribution < 1.29 is 4.74 Å². The van der Waals surface area contributed by atoms with Crippen LogP contribution in [0.15, 0.2) is 43.0 Å². The van der Waals surface area contributed by atoms with Crippen molar-refractivity contribution in [1.29, 1.82) is 0 Å². The summed E-state index contributed by atoms with van der Waals surface area (Å²) in [4.78, 5) is 0. The van der Waals surface area contributed by atoms with Gasteiger partial charge in [0, 0.05) is 7.11 Å². The first kappa shape index (κ1) is 9.94. The molecule has 0 aliphatic rings. The first-order valence-electron chi connectivity index (χ1n) is 4.99. The number of hydrogen-bond donors (Lipinski definition) is 0. The average Bonchev–Trinajstić information content (AvgIpc) is 2.29. The average molecular weight is 198 g/mol. The molecule has 0 N–H and O–H groups in total. The van der Waals surface area contributed by atoms with E-state index in [-0.39, 0.29) is 0 Å². The Hall–Kier alpha value is -1.60. The van der Waals surface area contributed by atoms with E-state index in [9.17, 15) is 0 Å². The number of benzene rings is 2. The van der Waals surface area contributed by atoms with Crippen molar-refractivity contribution in [3.05, 3.63) is 54.1 Å². The standard InChI is InChI=1S/C14H14O/c1-3-11-6-4-7-12-8-5-9-13(10-15-2)14(11)12/h3-9H,1,10H2,2H3. The summed E-state index contributed by atoms with van der Waals surface area (Å²) in [6.45, 7) is 4.48. The molecule has 1 nitrogen and oxygen atoms in total. The van der Waals surface area contributed by atoms with Crippen molar-refractivity contribution in [2.45, 2.75) is 6.61 Å². The van der Waals surface area contributed by atoms with Gasteiger partial charge in [-0.3, -0.25) is 0 Å². The van der Waals surface area contributed by atoms with E-state index in [1.165, 1.54) is 21.9 Å². The van der Waals surface area contributed by atoms with Gasteiger partial charge < -0.3 is 4.74 Å². The van der Waals surface area contributed by atoms with Crippen LogP contribution in [0.5, 0.6) is 0 Å². The Labute approximate surface area is 90.0 Å². The van der Waals surface area contributed by atoms with Crippen molar-refractivity contribution in [2.24, 2.45) is 0 Å². The van der Waals surface area contributed by atoms with Gasteiger partial charge in [-0.2, -0.15) is 0 Å². The minimum Gasteiger partial charge on any atom is -0.380 e. The van der Waals surface area contributed by atoms with Crippen molar-refractivity contribution in [3.63, 3.8) is 0 Å². The number of ether oxygens (including phenoxy) is 1. The molecule has 0 fully saturated rings. The molecule has 0 aliphatic heterocycles. The van der Waals surface area contributed by atoms with Crippen LogP contribution in [-0.4, -0.2) is 7.11 Å². The van der Waals surface area contributed by atoms with Crippen LogP contribution < -0.4 is 0 Å². The van der Waals surface area contributed by atoms with Gasteiger partial charge in [0.15, 0.2) is 0 Å². The number of rotatable bonds is 3. The van der Waals surface area contributed by atoms with E-state index in [1.807, 2.05) is 6.08 Å². The fraction of sp³-hybridized carbons (Fsp3) is 0.143. The summed E-state index contributed by atoms with van der Waals surface area (Å²) >= 11 is 0. The second-order valence-electron chi connectivity index (χ2n) is 3.50. The van der Waals surface area contributed by atoms with Gasteiger partial charge in [-0.25, -0.2) is 0 Å². The second-order valence-corrected chi connectivity index (χ2v) is 3.50. The fourth-order valence-electron chi connectivity index (χ4n) is 1.90. The van der Waals surface area contributed by atoms with Crippen LogP contribution >= 0.6 is 0 Å². The molecule has 1 heteroatoms. The third-order valence-electron chi connectivity index (χ3n) is 2.54. The molecular weight excluding hydrogens is 184 g/mol. The lowest BCUT2D eigenvalue weighted by Crippen LogP contribution is -1.90. The zero-order valence-corrected chi connectivity index (χ0v) is 8.86. The van der Waals surface area contributed by atoms with Crippen LogP contribution in [0.4, 0.5) is 0 Å². The second kappa shape index (κ2) is 4.28. The van der Waals surface area contributed by atoms with Gasteiger partial charge in [-0.05, 0) is 21.9 Å². The number of fused-ring (bicyclic) bond motifs is 1. The predicted octanol–water partition coefficient (Wildman–Crippen LogP) is 3.63. The van der Waals surface area contributed by atoms with Crippen molar-refractivity contribution in [3.8, 4) is 0 Å². The van der Waals surface area contributed by atoms with E-state index in [2.05, 4.69) is 43.0 Å². The lowest BCUT2D eigenvalue weighted by Gasteiger charge is -2.08. The molecule has 2 rings (SSSR count). The third kappa shape index (κ3) is 1.79. The van der Waals surface area contributed by atoms with Gasteiger partial charge >= 0.3 is 0 Å². The molecule has 0 atom stereocenters. The molecule has 0 amide bonds. The quantitative estimate of drug-likeness (QED) is 0.731. The van der Waals surface area contributed by atoms with Gasteiger partial charge in [0.2, 0.25) is 0 Å². The highest BCUT2D eigenvalue weighted by Crippen LogP contribution is 2.24. The molecule has 0 radical (unpaired) electrons. The van der Waals surface area contributed by atoms with E-state index in [4.69, 9.17) is 4.74 Å². The Bertz CT molecular complexity index is 480. The summed E-state index contributed by atoms with van der Waals surface area (Å²) in [6.07, 6.45) is 1.89. The van der Waals surface area contributed by atoms with Crippen LogP contribution in [0.3, 0.4) is 0 Å². The molecular formula is C14H14O. The maximum absolute atomic E-state index is 5.20. The highest BCUT2D eigenvalue weighted by molar-refractivity contribution is 5.93. The summed E-state index contributed by atoms with van der Waals surface area (Å²) in [7, 11) is 1.72. The molecule has 76 valence electrons. The minimum absolute atomic E-state index is 0.641. The Morgan fingerprint density at radius 3 is 2.60 bits per heavy atom. The van der Waals surface area contributed by atoms with Crippen LogP contribution in [0.25, 0.3) is 16.8 Å². The van der Waals surface area contributed by atoms with Gasteiger partial charge in [0.25, 0.3) is 0 Å². The Kier molecular flexibility index (Phi) is 2.84. The number of hydrogen-bond acceptors (Lipinski definition) is 1. The first-order chi connectivity index (χ1) is 7.36. The molecule has 2 aromatic rings. The summed E-state index contributed by atoms with van der Waals surface area (Å²) < 4.78 is 5.20. The van der Waals surface area contributed by atoms with Crippen LogP contribution in [-0.2, 0) is 11.3 Å². The normalized spacial score (nSPS) is 10.5. The predicted molar refractivity (Wildman–Crippen MR) is 64.8 cm³/mol. The lowest BCUT2D eigenvalue weighted by molar-refractivity contribution is 0.186. The third-order valence-corrected chi connectivity index (χ3v) is 2.54. The molecule has 0 aliphatic carbocycles. The molecule has 0 saturated heterocycles. The topological polar surface area (TPSA) is 9.23 Å². The molecule has 2 aromatic carbocycles. The number of methoxy groups -OCH3 is 1. The van der Waals surface area contributed by atoms with E-state index in [0.29, 0.717) is 6.61 Å². The zero-order chi connectivity index (χ0) is 10.7. The maximum atomic E-state index is 5.20. The van der Waals surface area contributed by atoms with Crippen molar-refractivity contribution in [1.82, 2.24) is 0 Å².